The average molecular weight is 120 g/mol. The molecule has 2 unspecified atom stereocenters. The summed E-state index contributed by atoms with van der Waals surface area (Å²) < 4.78 is 0. The van der Waals surface area contributed by atoms with E-state index < -0.39 is 0 Å². The molecule has 0 spiro atoms. The molecule has 2 saturated carbocycles. The maximum Gasteiger partial charge on any atom is -0.00782 e. The average Bonchev–Trinajstić information content (AvgIpc) is 2.30. The number of rotatable bonds is 0. The van der Waals surface area contributed by atoms with Gasteiger partial charge in [-0.05, 0) is 36.5 Å². The Balaban J connectivity index is 2.16. The highest BCUT2D eigenvalue weighted by atomic mass is 14.7. The summed E-state index contributed by atoms with van der Waals surface area (Å²) in [6.45, 7) is 2.44. The molecule has 0 aromatic carbocycles. The van der Waals surface area contributed by atoms with E-state index in [9.17, 15) is 0 Å². The first-order chi connectivity index (χ1) is 4.31. The molecule has 0 saturated heterocycles. The van der Waals surface area contributed by atoms with Crippen LogP contribution >= 0.6 is 0 Å². The summed E-state index contributed by atoms with van der Waals surface area (Å²) in [4.78, 5) is 0. The van der Waals surface area contributed by atoms with E-state index >= 15 is 0 Å². The molecule has 2 fully saturated rings. The van der Waals surface area contributed by atoms with Crippen LogP contribution in [0.15, 0.2) is 11.6 Å². The molecule has 0 heteroatoms. The predicted molar refractivity (Wildman–Crippen MR) is 37.0 cm³/mol. The largest absolute Gasteiger partial charge is 0.0788 e. The van der Waals surface area contributed by atoms with Gasteiger partial charge in [0.25, 0.3) is 0 Å². The third-order valence-electron chi connectivity index (χ3n) is 3.75. The van der Waals surface area contributed by atoms with Crippen molar-refractivity contribution in [3.05, 3.63) is 11.6 Å². The second-order valence-corrected chi connectivity index (χ2v) is 4.12. The molecule has 0 aromatic heterocycles. The van der Waals surface area contributed by atoms with Gasteiger partial charge in [-0.25, -0.2) is 0 Å². The lowest BCUT2D eigenvalue weighted by Gasteiger charge is -2.14. The molecule has 9 heavy (non-hydrogen) atoms. The summed E-state index contributed by atoms with van der Waals surface area (Å²) in [7, 11) is 0. The van der Waals surface area contributed by atoms with Crippen LogP contribution in [0.25, 0.3) is 0 Å². The van der Waals surface area contributed by atoms with Crippen LogP contribution in [0.1, 0.15) is 26.2 Å². The molecule has 0 aromatic rings. The van der Waals surface area contributed by atoms with E-state index in [1.807, 2.05) is 0 Å². The van der Waals surface area contributed by atoms with E-state index in [4.69, 9.17) is 0 Å². The summed E-state index contributed by atoms with van der Waals surface area (Å²) in [5, 5.41) is 0. The summed E-state index contributed by atoms with van der Waals surface area (Å²) in [6, 6.07) is 0. The van der Waals surface area contributed by atoms with Crippen LogP contribution in [0.4, 0.5) is 0 Å². The third kappa shape index (κ3) is 0.331. The van der Waals surface area contributed by atoms with Gasteiger partial charge in [-0.15, -0.1) is 0 Å². The summed E-state index contributed by atoms with van der Waals surface area (Å²) in [5.41, 5.74) is 2.48. The number of allylic oxidation sites excluding steroid dienone is 2. The van der Waals surface area contributed by atoms with Gasteiger partial charge >= 0.3 is 0 Å². The van der Waals surface area contributed by atoms with E-state index in [0.717, 1.165) is 11.8 Å². The van der Waals surface area contributed by atoms with Crippen molar-refractivity contribution in [2.75, 3.05) is 0 Å². The lowest BCUT2D eigenvalue weighted by atomic mass is 9.91. The zero-order valence-corrected chi connectivity index (χ0v) is 5.85. The maximum absolute atomic E-state index is 2.56. The lowest BCUT2D eigenvalue weighted by molar-refractivity contribution is 0.534. The normalized spacial score (nSPS) is 59.4. The number of hydrogen-bond acceptors (Lipinski definition) is 0. The summed E-state index contributed by atoms with van der Waals surface area (Å²) in [5.74, 6) is 2.20. The summed E-state index contributed by atoms with van der Waals surface area (Å²) >= 11 is 0. The molecule has 4 aliphatic carbocycles. The van der Waals surface area contributed by atoms with Crippen molar-refractivity contribution >= 4 is 0 Å². The van der Waals surface area contributed by atoms with Gasteiger partial charge in [-0.1, -0.05) is 18.6 Å². The van der Waals surface area contributed by atoms with Crippen LogP contribution in [0, 0.1) is 17.3 Å². The molecule has 0 aliphatic heterocycles. The van der Waals surface area contributed by atoms with Crippen molar-refractivity contribution < 1.29 is 0 Å². The van der Waals surface area contributed by atoms with Crippen molar-refractivity contribution in [2.24, 2.45) is 17.3 Å². The molecule has 0 heterocycles. The quantitative estimate of drug-likeness (QED) is 0.430. The SMILES string of the molecule is CC12C=C3CC[C@@H]1C2C3. The van der Waals surface area contributed by atoms with Gasteiger partial charge in [-0.3, -0.25) is 0 Å². The number of fused-ring (bicyclic) bond motifs is 1. The maximum atomic E-state index is 2.56. The fourth-order valence-electron chi connectivity index (χ4n) is 3.11. The standard InChI is InChI=1S/C9H12/c1-9-5-6-2-3-7(9)8(9)4-6/h5,7-8H,2-4H2,1H3/t7-,8?,9?/m1/s1. The van der Waals surface area contributed by atoms with Crippen molar-refractivity contribution in [1.29, 1.82) is 0 Å². The summed E-state index contributed by atoms with van der Waals surface area (Å²) in [6.07, 6.45) is 6.96. The van der Waals surface area contributed by atoms with Gasteiger partial charge in [0.2, 0.25) is 0 Å². The Morgan fingerprint density at radius 2 is 2.44 bits per heavy atom. The van der Waals surface area contributed by atoms with Crippen molar-refractivity contribution in [3.63, 3.8) is 0 Å². The molecular weight excluding hydrogens is 108 g/mol. The van der Waals surface area contributed by atoms with Gasteiger partial charge in [0.1, 0.15) is 0 Å². The van der Waals surface area contributed by atoms with Crippen LogP contribution in [-0.4, -0.2) is 0 Å². The van der Waals surface area contributed by atoms with Gasteiger partial charge in [-0.2, -0.15) is 0 Å². The minimum atomic E-state index is 0.716. The van der Waals surface area contributed by atoms with Crippen LogP contribution in [0.2, 0.25) is 0 Å². The molecule has 3 atom stereocenters. The monoisotopic (exact) mass is 120 g/mol. The van der Waals surface area contributed by atoms with E-state index in [1.54, 1.807) is 5.57 Å². The van der Waals surface area contributed by atoms with Crippen molar-refractivity contribution in [1.82, 2.24) is 0 Å². The molecule has 0 radical (unpaired) electrons. The highest BCUT2D eigenvalue weighted by Crippen LogP contribution is 2.71. The zero-order valence-electron chi connectivity index (χ0n) is 5.85. The van der Waals surface area contributed by atoms with Crippen LogP contribution in [0.3, 0.4) is 0 Å². The first kappa shape index (κ1) is 4.54. The Morgan fingerprint density at radius 3 is 2.67 bits per heavy atom. The molecule has 0 N–H and O–H groups in total. The Kier molecular flexibility index (Phi) is 0.505. The van der Waals surface area contributed by atoms with E-state index in [1.165, 1.54) is 19.3 Å². The van der Waals surface area contributed by atoms with Crippen LogP contribution < -0.4 is 0 Å². The molecule has 4 bridgehead atoms. The van der Waals surface area contributed by atoms with E-state index in [-0.39, 0.29) is 0 Å². The smallest absolute Gasteiger partial charge is 0.00782 e. The van der Waals surface area contributed by atoms with Gasteiger partial charge in [0, 0.05) is 0 Å². The lowest BCUT2D eigenvalue weighted by Crippen LogP contribution is -2.01. The highest BCUT2D eigenvalue weighted by Gasteiger charge is 2.64. The molecule has 0 nitrogen and oxygen atoms in total. The minimum absolute atomic E-state index is 0.716. The van der Waals surface area contributed by atoms with Crippen LogP contribution in [-0.2, 0) is 0 Å². The number of hydrogen-bond donors (Lipinski definition) is 0. The molecular formula is C9H12. The second-order valence-electron chi connectivity index (χ2n) is 4.12. The minimum Gasteiger partial charge on any atom is -0.0788 e. The van der Waals surface area contributed by atoms with Gasteiger partial charge in [0.15, 0.2) is 0 Å². The van der Waals surface area contributed by atoms with Gasteiger partial charge < -0.3 is 0 Å². The highest BCUT2D eigenvalue weighted by molar-refractivity contribution is 5.35. The molecule has 0 amide bonds. The molecule has 4 aliphatic rings. The van der Waals surface area contributed by atoms with E-state index in [2.05, 4.69) is 13.0 Å². The van der Waals surface area contributed by atoms with E-state index in [0.29, 0.717) is 5.41 Å². The molecule has 48 valence electrons. The Morgan fingerprint density at radius 1 is 1.56 bits per heavy atom. The Bertz CT molecular complexity index is 202. The third-order valence-corrected chi connectivity index (χ3v) is 3.75. The fraction of sp³-hybridized carbons (Fsp3) is 0.778. The first-order valence-corrected chi connectivity index (χ1v) is 4.01. The van der Waals surface area contributed by atoms with Crippen molar-refractivity contribution in [2.45, 2.75) is 26.2 Å². The van der Waals surface area contributed by atoms with Gasteiger partial charge in [0.05, 0.1) is 0 Å². The van der Waals surface area contributed by atoms with Crippen molar-refractivity contribution in [3.8, 4) is 0 Å². The Labute approximate surface area is 56.0 Å². The molecule has 4 rings (SSSR count). The first-order valence-electron chi connectivity index (χ1n) is 4.01. The zero-order chi connectivity index (χ0) is 6.06. The topological polar surface area (TPSA) is 0 Å². The Hall–Kier alpha value is -0.260. The second kappa shape index (κ2) is 1.00. The predicted octanol–water partition coefficient (Wildman–Crippen LogP) is 2.36. The van der Waals surface area contributed by atoms with Crippen LogP contribution in [0.5, 0.6) is 0 Å². The fourth-order valence-corrected chi connectivity index (χ4v) is 3.11.